The SMILES string of the molecule is O=C(O)CN1[C@@H]2CC[C@@H]1c1snnc1C2. The summed E-state index contributed by atoms with van der Waals surface area (Å²) in [7, 11) is 0. The molecular weight excluding hydrogens is 214 g/mol. The standard InChI is InChI=1S/C9H11N3O2S/c13-8(14)4-12-5-1-2-7(12)9-6(3-5)10-11-15-9/h5,7H,1-4H2,(H,13,14)/t5-,7-/m1/s1. The zero-order valence-electron chi connectivity index (χ0n) is 8.09. The minimum absolute atomic E-state index is 0.146. The molecule has 0 aliphatic carbocycles. The van der Waals surface area contributed by atoms with E-state index in [1.54, 1.807) is 0 Å². The molecule has 1 fully saturated rings. The van der Waals surface area contributed by atoms with Gasteiger partial charge in [-0.15, -0.1) is 5.10 Å². The summed E-state index contributed by atoms with van der Waals surface area (Å²) < 4.78 is 3.95. The third kappa shape index (κ3) is 1.36. The van der Waals surface area contributed by atoms with Crippen LogP contribution in [0.3, 0.4) is 0 Å². The van der Waals surface area contributed by atoms with E-state index in [1.165, 1.54) is 16.4 Å². The average Bonchev–Trinajstić information content (AvgIpc) is 2.72. The van der Waals surface area contributed by atoms with Crippen molar-refractivity contribution in [1.29, 1.82) is 0 Å². The van der Waals surface area contributed by atoms with E-state index in [-0.39, 0.29) is 12.6 Å². The minimum Gasteiger partial charge on any atom is -0.480 e. The van der Waals surface area contributed by atoms with Crippen LogP contribution in [0, 0.1) is 0 Å². The number of aromatic nitrogens is 2. The number of carboxylic acid groups (broad SMARTS) is 1. The highest BCUT2D eigenvalue weighted by Gasteiger charge is 2.42. The molecule has 3 heterocycles. The second-order valence-electron chi connectivity index (χ2n) is 4.10. The molecule has 0 spiro atoms. The first-order valence-electron chi connectivity index (χ1n) is 5.04. The summed E-state index contributed by atoms with van der Waals surface area (Å²) in [5.41, 5.74) is 1.09. The van der Waals surface area contributed by atoms with Crippen LogP contribution in [0.15, 0.2) is 0 Å². The molecular formula is C9H11N3O2S. The first-order valence-corrected chi connectivity index (χ1v) is 5.81. The van der Waals surface area contributed by atoms with Gasteiger partial charge >= 0.3 is 5.97 Å². The summed E-state index contributed by atoms with van der Waals surface area (Å²) in [5.74, 6) is -0.743. The molecule has 2 atom stereocenters. The molecule has 15 heavy (non-hydrogen) atoms. The Morgan fingerprint density at radius 3 is 3.27 bits per heavy atom. The van der Waals surface area contributed by atoms with Gasteiger partial charge in [-0.1, -0.05) is 4.49 Å². The molecule has 2 bridgehead atoms. The second kappa shape index (κ2) is 3.24. The van der Waals surface area contributed by atoms with Crippen LogP contribution in [0.2, 0.25) is 0 Å². The predicted octanol–water partition coefficient (Wildman–Crippen LogP) is 0.684. The fourth-order valence-corrected chi connectivity index (χ4v) is 3.50. The van der Waals surface area contributed by atoms with Crippen LogP contribution in [0.1, 0.15) is 29.5 Å². The molecule has 0 amide bonds. The lowest BCUT2D eigenvalue weighted by molar-refractivity contribution is -0.139. The van der Waals surface area contributed by atoms with Gasteiger partial charge in [0.25, 0.3) is 0 Å². The molecule has 0 unspecified atom stereocenters. The Bertz CT molecular complexity index is 406. The maximum Gasteiger partial charge on any atom is 0.317 e. The smallest absolute Gasteiger partial charge is 0.317 e. The van der Waals surface area contributed by atoms with Gasteiger partial charge in [0.1, 0.15) is 0 Å². The lowest BCUT2D eigenvalue weighted by Gasteiger charge is -2.31. The molecule has 5 nitrogen and oxygen atoms in total. The van der Waals surface area contributed by atoms with Gasteiger partial charge in [0, 0.05) is 18.5 Å². The van der Waals surface area contributed by atoms with Gasteiger partial charge in [-0.3, -0.25) is 9.69 Å². The maximum absolute atomic E-state index is 10.8. The van der Waals surface area contributed by atoms with Gasteiger partial charge in [0.05, 0.1) is 17.1 Å². The zero-order chi connectivity index (χ0) is 10.4. The fourth-order valence-electron chi connectivity index (χ4n) is 2.67. The molecule has 6 heteroatoms. The van der Waals surface area contributed by atoms with Crippen LogP contribution in [-0.2, 0) is 11.2 Å². The van der Waals surface area contributed by atoms with Gasteiger partial charge < -0.3 is 5.11 Å². The summed E-state index contributed by atoms with van der Waals surface area (Å²) in [5, 5.41) is 13.0. The molecule has 3 rings (SSSR count). The van der Waals surface area contributed by atoms with Crippen LogP contribution in [0.5, 0.6) is 0 Å². The molecule has 0 aromatic carbocycles. The first-order chi connectivity index (χ1) is 7.25. The van der Waals surface area contributed by atoms with Gasteiger partial charge in [0.2, 0.25) is 0 Å². The third-order valence-corrected chi connectivity index (χ3v) is 4.14. The number of nitrogens with zero attached hydrogens (tertiary/aromatic N) is 3. The molecule has 80 valence electrons. The van der Waals surface area contributed by atoms with Gasteiger partial charge in [-0.2, -0.15) is 0 Å². The Balaban J connectivity index is 1.93. The lowest BCUT2D eigenvalue weighted by atomic mass is 10.1. The van der Waals surface area contributed by atoms with E-state index in [0.29, 0.717) is 6.04 Å². The lowest BCUT2D eigenvalue weighted by Crippen LogP contribution is -2.40. The zero-order valence-corrected chi connectivity index (χ0v) is 8.90. The molecule has 1 aromatic heterocycles. The van der Waals surface area contributed by atoms with Crippen molar-refractivity contribution in [3.63, 3.8) is 0 Å². The van der Waals surface area contributed by atoms with E-state index in [1.807, 2.05) is 0 Å². The Hall–Kier alpha value is -1.01. The van der Waals surface area contributed by atoms with E-state index in [2.05, 4.69) is 14.5 Å². The normalized spacial score (nSPS) is 29.1. The van der Waals surface area contributed by atoms with Crippen molar-refractivity contribution in [1.82, 2.24) is 14.5 Å². The van der Waals surface area contributed by atoms with Crippen molar-refractivity contribution in [3.8, 4) is 0 Å². The number of aliphatic carboxylic acids is 1. The quantitative estimate of drug-likeness (QED) is 0.802. The number of fused-ring (bicyclic) bond motifs is 4. The molecule has 0 saturated carbocycles. The predicted molar refractivity (Wildman–Crippen MR) is 53.7 cm³/mol. The van der Waals surface area contributed by atoms with Crippen molar-refractivity contribution in [2.75, 3.05) is 6.54 Å². The average molecular weight is 225 g/mol. The van der Waals surface area contributed by atoms with E-state index in [0.717, 1.165) is 25.0 Å². The van der Waals surface area contributed by atoms with Crippen molar-refractivity contribution in [3.05, 3.63) is 10.6 Å². The van der Waals surface area contributed by atoms with Crippen LogP contribution in [-0.4, -0.2) is 38.1 Å². The minimum atomic E-state index is -0.743. The van der Waals surface area contributed by atoms with Crippen LogP contribution < -0.4 is 0 Å². The Morgan fingerprint density at radius 2 is 2.47 bits per heavy atom. The van der Waals surface area contributed by atoms with E-state index in [9.17, 15) is 4.79 Å². The van der Waals surface area contributed by atoms with E-state index < -0.39 is 5.97 Å². The van der Waals surface area contributed by atoms with Crippen molar-refractivity contribution >= 4 is 17.5 Å². The van der Waals surface area contributed by atoms with Crippen molar-refractivity contribution < 1.29 is 9.90 Å². The maximum atomic E-state index is 10.8. The Labute approximate surface area is 90.9 Å². The molecule has 2 aliphatic rings. The number of carboxylic acids is 1. The van der Waals surface area contributed by atoms with Crippen molar-refractivity contribution in [2.24, 2.45) is 0 Å². The number of hydrogen-bond acceptors (Lipinski definition) is 5. The number of carbonyl (C=O) groups is 1. The van der Waals surface area contributed by atoms with Crippen molar-refractivity contribution in [2.45, 2.75) is 31.3 Å². The number of hydrogen-bond donors (Lipinski definition) is 1. The van der Waals surface area contributed by atoms with Crippen LogP contribution in [0.4, 0.5) is 0 Å². The number of rotatable bonds is 2. The summed E-state index contributed by atoms with van der Waals surface area (Å²) in [6.07, 6.45) is 3.01. The highest BCUT2D eigenvalue weighted by molar-refractivity contribution is 7.05. The summed E-state index contributed by atoms with van der Waals surface area (Å²) in [4.78, 5) is 14.0. The summed E-state index contributed by atoms with van der Waals surface area (Å²) >= 11 is 1.42. The molecule has 1 N–H and O–H groups in total. The molecule has 2 aliphatic heterocycles. The molecule has 1 aromatic rings. The van der Waals surface area contributed by atoms with Gasteiger partial charge in [-0.05, 0) is 24.4 Å². The van der Waals surface area contributed by atoms with E-state index in [4.69, 9.17) is 5.11 Å². The summed E-state index contributed by atoms with van der Waals surface area (Å²) in [6.45, 7) is 0.146. The Kier molecular flexibility index (Phi) is 2.00. The highest BCUT2D eigenvalue weighted by Crippen LogP contribution is 2.43. The fraction of sp³-hybridized carbons (Fsp3) is 0.667. The second-order valence-corrected chi connectivity index (χ2v) is 4.89. The van der Waals surface area contributed by atoms with E-state index >= 15 is 0 Å². The monoisotopic (exact) mass is 225 g/mol. The van der Waals surface area contributed by atoms with Crippen LogP contribution in [0.25, 0.3) is 0 Å². The Morgan fingerprint density at radius 1 is 1.60 bits per heavy atom. The van der Waals surface area contributed by atoms with Gasteiger partial charge in [-0.25, -0.2) is 0 Å². The first kappa shape index (κ1) is 9.23. The molecule has 0 radical (unpaired) electrons. The topological polar surface area (TPSA) is 66.3 Å². The highest BCUT2D eigenvalue weighted by atomic mass is 32.1. The van der Waals surface area contributed by atoms with Crippen LogP contribution >= 0.6 is 11.5 Å². The largest absolute Gasteiger partial charge is 0.480 e. The molecule has 1 saturated heterocycles. The summed E-state index contributed by atoms with van der Waals surface area (Å²) in [6, 6.07) is 0.623. The van der Waals surface area contributed by atoms with Gasteiger partial charge in [0.15, 0.2) is 0 Å². The third-order valence-electron chi connectivity index (χ3n) is 3.28.